The minimum Gasteiger partial charge on any atom is -0.755 e. The Balaban J connectivity index is 2.35. The Labute approximate surface area is 131 Å². The summed E-state index contributed by atoms with van der Waals surface area (Å²) in [4.78, 5) is 12.4. The number of benzene rings is 1. The number of unbranched alkanes of at least 4 members (excludes halogenated alkanes) is 1. The highest BCUT2D eigenvalue weighted by Crippen LogP contribution is 2.44. The van der Waals surface area contributed by atoms with E-state index in [0.717, 1.165) is 24.1 Å². The van der Waals surface area contributed by atoms with Crippen LogP contribution in [-0.4, -0.2) is 20.5 Å². The number of nitrogens with one attached hydrogen (secondary N) is 2. The maximum absolute atomic E-state index is 12.4. The first-order chi connectivity index (χ1) is 10.0. The first-order valence-corrected chi connectivity index (χ1v) is 8.52. The number of hydrogen-bond acceptors (Lipinski definition) is 3. The molecule has 1 aromatic rings. The number of carbonyl (C=O) groups is 1. The molecule has 2 rings (SSSR count). The molecular formula is C14H18ClN2O3S-. The van der Waals surface area contributed by atoms with Crippen molar-refractivity contribution in [2.45, 2.75) is 38.0 Å². The van der Waals surface area contributed by atoms with Crippen LogP contribution in [0.1, 0.15) is 38.2 Å². The molecule has 0 radical (unpaired) electrons. The quantitative estimate of drug-likeness (QED) is 0.458. The molecule has 0 spiro atoms. The molecule has 0 bridgehead atoms. The smallest absolute Gasteiger partial charge is 0.235 e. The van der Waals surface area contributed by atoms with E-state index in [1.807, 2.05) is 6.92 Å². The lowest BCUT2D eigenvalue weighted by molar-refractivity contribution is -0.121. The van der Waals surface area contributed by atoms with Gasteiger partial charge in [0.25, 0.3) is 0 Å². The summed E-state index contributed by atoms with van der Waals surface area (Å²) in [6.07, 6.45) is 3.08. The van der Waals surface area contributed by atoms with Gasteiger partial charge in [0.1, 0.15) is 0 Å². The standard InChI is InChI=1S/C14H19ClN2O3S/c1-2-14(7-3-4-8-15)11-9-10(17-21(19)20)5-6-12(11)16-13(14)18/h5-6,9,17H,2-4,7-8H2,1H3,(H,16,18)(H,19,20)/p-1. The summed E-state index contributed by atoms with van der Waals surface area (Å²) in [6.45, 7) is 1.97. The van der Waals surface area contributed by atoms with Crippen LogP contribution in [0.3, 0.4) is 0 Å². The van der Waals surface area contributed by atoms with Gasteiger partial charge in [-0.3, -0.25) is 9.00 Å². The molecule has 0 aromatic heterocycles. The summed E-state index contributed by atoms with van der Waals surface area (Å²) >= 11 is 3.34. The van der Waals surface area contributed by atoms with Crippen LogP contribution in [0.25, 0.3) is 0 Å². The Morgan fingerprint density at radius 1 is 1.43 bits per heavy atom. The van der Waals surface area contributed by atoms with E-state index in [2.05, 4.69) is 10.0 Å². The van der Waals surface area contributed by atoms with Crippen molar-refractivity contribution in [3.8, 4) is 0 Å². The van der Waals surface area contributed by atoms with Crippen LogP contribution in [0.5, 0.6) is 0 Å². The summed E-state index contributed by atoms with van der Waals surface area (Å²) in [7, 11) is 0. The van der Waals surface area contributed by atoms with E-state index in [0.29, 0.717) is 24.4 Å². The first kappa shape index (κ1) is 16.3. The van der Waals surface area contributed by atoms with Gasteiger partial charge in [0, 0.05) is 28.5 Å². The number of halogens is 1. The Morgan fingerprint density at radius 2 is 2.19 bits per heavy atom. The molecule has 1 aromatic carbocycles. The van der Waals surface area contributed by atoms with Gasteiger partial charge in [-0.25, -0.2) is 0 Å². The fraction of sp³-hybridized carbons (Fsp3) is 0.500. The van der Waals surface area contributed by atoms with E-state index in [4.69, 9.17) is 11.6 Å². The van der Waals surface area contributed by atoms with E-state index in [1.165, 1.54) is 0 Å². The van der Waals surface area contributed by atoms with Gasteiger partial charge >= 0.3 is 0 Å². The van der Waals surface area contributed by atoms with E-state index < -0.39 is 16.7 Å². The minimum absolute atomic E-state index is 0.0185. The van der Waals surface area contributed by atoms with Gasteiger partial charge in [-0.15, -0.1) is 11.6 Å². The zero-order chi connectivity index (χ0) is 15.5. The zero-order valence-corrected chi connectivity index (χ0v) is 13.4. The summed E-state index contributed by atoms with van der Waals surface area (Å²) in [5.74, 6) is 0.556. The second-order valence-electron chi connectivity index (χ2n) is 5.13. The van der Waals surface area contributed by atoms with Crippen molar-refractivity contribution >= 4 is 40.1 Å². The molecule has 21 heavy (non-hydrogen) atoms. The van der Waals surface area contributed by atoms with Crippen molar-refractivity contribution in [1.29, 1.82) is 0 Å². The molecule has 2 atom stereocenters. The topological polar surface area (TPSA) is 81.3 Å². The summed E-state index contributed by atoms with van der Waals surface area (Å²) in [5.41, 5.74) is 1.49. The van der Waals surface area contributed by atoms with Crippen molar-refractivity contribution in [2.75, 3.05) is 15.9 Å². The Morgan fingerprint density at radius 3 is 2.81 bits per heavy atom. The lowest BCUT2D eigenvalue weighted by atomic mass is 9.75. The van der Waals surface area contributed by atoms with Crippen molar-refractivity contribution < 1.29 is 13.6 Å². The van der Waals surface area contributed by atoms with Gasteiger partial charge in [-0.1, -0.05) is 13.3 Å². The number of alkyl halides is 1. The van der Waals surface area contributed by atoms with Gasteiger partial charge in [0.2, 0.25) is 5.91 Å². The minimum atomic E-state index is -2.38. The van der Waals surface area contributed by atoms with Gasteiger partial charge in [-0.05, 0) is 43.0 Å². The molecule has 116 valence electrons. The number of amides is 1. The molecule has 1 aliphatic heterocycles. The highest BCUT2D eigenvalue weighted by Gasteiger charge is 2.44. The molecule has 0 saturated carbocycles. The maximum Gasteiger partial charge on any atom is 0.235 e. The fourth-order valence-corrected chi connectivity index (χ4v) is 3.38. The largest absolute Gasteiger partial charge is 0.755 e. The Kier molecular flexibility index (Phi) is 5.24. The number of rotatable bonds is 7. The van der Waals surface area contributed by atoms with Crippen LogP contribution in [0.4, 0.5) is 11.4 Å². The molecule has 2 unspecified atom stereocenters. The monoisotopic (exact) mass is 329 g/mol. The van der Waals surface area contributed by atoms with Gasteiger partial charge in [0.05, 0.1) is 5.41 Å². The van der Waals surface area contributed by atoms with Gasteiger partial charge in [-0.2, -0.15) is 0 Å². The zero-order valence-electron chi connectivity index (χ0n) is 11.8. The molecule has 1 heterocycles. The maximum atomic E-state index is 12.4. The molecule has 2 N–H and O–H groups in total. The Bertz CT molecular complexity index is 567. The van der Waals surface area contributed by atoms with E-state index in [1.54, 1.807) is 18.2 Å². The Hall–Kier alpha value is -1.11. The van der Waals surface area contributed by atoms with Crippen molar-refractivity contribution in [3.63, 3.8) is 0 Å². The predicted molar refractivity (Wildman–Crippen MR) is 84.2 cm³/mol. The van der Waals surface area contributed by atoms with Crippen LogP contribution < -0.4 is 10.0 Å². The number of hydrogen-bond donors (Lipinski definition) is 2. The summed E-state index contributed by atoms with van der Waals surface area (Å²) in [5, 5.41) is 2.89. The number of anilines is 2. The molecule has 7 heteroatoms. The molecule has 0 fully saturated rings. The van der Waals surface area contributed by atoms with Crippen LogP contribution in [0.15, 0.2) is 18.2 Å². The molecule has 5 nitrogen and oxygen atoms in total. The number of carbonyl (C=O) groups excluding carboxylic acids is 1. The van der Waals surface area contributed by atoms with Crippen molar-refractivity contribution in [1.82, 2.24) is 0 Å². The van der Waals surface area contributed by atoms with E-state index in [9.17, 15) is 13.6 Å². The average Bonchev–Trinajstić information content (AvgIpc) is 2.71. The molecule has 1 aliphatic rings. The normalized spacial score (nSPS) is 21.8. The van der Waals surface area contributed by atoms with Gasteiger partial charge in [0.15, 0.2) is 0 Å². The lowest BCUT2D eigenvalue weighted by Crippen LogP contribution is -2.33. The van der Waals surface area contributed by atoms with Gasteiger partial charge < -0.3 is 14.6 Å². The van der Waals surface area contributed by atoms with Crippen molar-refractivity contribution in [2.24, 2.45) is 0 Å². The average molecular weight is 330 g/mol. The van der Waals surface area contributed by atoms with E-state index >= 15 is 0 Å². The van der Waals surface area contributed by atoms with Crippen LogP contribution in [-0.2, 0) is 21.5 Å². The predicted octanol–water partition coefficient (Wildman–Crippen LogP) is 2.90. The summed E-state index contributed by atoms with van der Waals surface area (Å²) < 4.78 is 23.9. The number of fused-ring (bicyclic) bond motifs is 1. The lowest BCUT2D eigenvalue weighted by Gasteiger charge is -2.26. The second kappa shape index (κ2) is 6.77. The summed E-state index contributed by atoms with van der Waals surface area (Å²) in [6, 6.07) is 5.12. The third kappa shape index (κ3) is 3.22. The molecule has 0 saturated heterocycles. The second-order valence-corrected chi connectivity index (χ2v) is 6.18. The molecular weight excluding hydrogens is 312 g/mol. The third-order valence-corrected chi connectivity index (χ3v) is 4.68. The van der Waals surface area contributed by atoms with E-state index in [-0.39, 0.29) is 5.91 Å². The SMILES string of the molecule is CCC1(CCCCCl)C(=O)Nc2ccc(NS(=O)[O-])cc21. The fourth-order valence-electron chi connectivity index (χ4n) is 2.87. The van der Waals surface area contributed by atoms with Crippen molar-refractivity contribution in [3.05, 3.63) is 23.8 Å². The van der Waals surface area contributed by atoms with Crippen LogP contribution in [0, 0.1) is 0 Å². The molecule has 1 amide bonds. The third-order valence-electron chi connectivity index (χ3n) is 4.01. The van der Waals surface area contributed by atoms with Crippen LogP contribution in [0.2, 0.25) is 0 Å². The first-order valence-electron chi connectivity index (χ1n) is 6.91. The highest BCUT2D eigenvalue weighted by atomic mass is 35.5. The highest BCUT2D eigenvalue weighted by molar-refractivity contribution is 7.80. The van der Waals surface area contributed by atoms with Crippen LogP contribution >= 0.6 is 11.6 Å². The molecule has 0 aliphatic carbocycles.